The first kappa shape index (κ1) is 23.4. The van der Waals surface area contributed by atoms with Gasteiger partial charge in [-0.05, 0) is 62.2 Å². The van der Waals surface area contributed by atoms with Crippen molar-refractivity contribution in [1.29, 1.82) is 0 Å². The van der Waals surface area contributed by atoms with E-state index in [1.807, 2.05) is 12.3 Å². The van der Waals surface area contributed by atoms with Crippen molar-refractivity contribution in [1.82, 2.24) is 10.3 Å². The maximum absolute atomic E-state index is 12.5. The van der Waals surface area contributed by atoms with E-state index in [0.29, 0.717) is 6.54 Å². The van der Waals surface area contributed by atoms with Crippen LogP contribution in [0.5, 0.6) is 5.75 Å². The van der Waals surface area contributed by atoms with E-state index in [9.17, 15) is 8.78 Å². The Balaban J connectivity index is 0.00000256. The predicted molar refractivity (Wildman–Crippen MR) is 117 cm³/mol. The predicted octanol–water partition coefficient (Wildman–Crippen LogP) is 5.71. The first-order valence-electron chi connectivity index (χ1n) is 10.4. The molecule has 1 spiro atoms. The van der Waals surface area contributed by atoms with Crippen molar-refractivity contribution in [2.75, 3.05) is 13.2 Å². The van der Waals surface area contributed by atoms with E-state index in [2.05, 4.69) is 22.2 Å². The Bertz CT molecular complexity index is 786. The summed E-state index contributed by atoms with van der Waals surface area (Å²) in [7, 11) is 0. The summed E-state index contributed by atoms with van der Waals surface area (Å²) < 4.78 is 36.0. The molecule has 4 rings (SSSR count). The van der Waals surface area contributed by atoms with Gasteiger partial charge in [0, 0.05) is 30.5 Å². The Labute approximate surface area is 186 Å². The molecule has 2 aromatic heterocycles. The molecule has 2 aromatic rings. The average molecular weight is 459 g/mol. The Morgan fingerprint density at radius 1 is 1.20 bits per heavy atom. The third kappa shape index (κ3) is 5.31. The molecule has 1 atom stereocenters. The van der Waals surface area contributed by atoms with E-state index < -0.39 is 6.61 Å². The fraction of sp³-hybridized carbons (Fsp3) is 0.591. The van der Waals surface area contributed by atoms with Crippen molar-refractivity contribution >= 4 is 23.7 Å². The van der Waals surface area contributed by atoms with Gasteiger partial charge in [-0.2, -0.15) is 8.78 Å². The fourth-order valence-corrected chi connectivity index (χ4v) is 5.76. The molecule has 1 unspecified atom stereocenters. The number of rotatable bonds is 8. The molecule has 1 N–H and O–H groups in total. The third-order valence-corrected chi connectivity index (χ3v) is 7.26. The molecule has 1 saturated carbocycles. The topological polar surface area (TPSA) is 43.4 Å². The van der Waals surface area contributed by atoms with Crippen LogP contribution in [0, 0.1) is 0 Å². The first-order chi connectivity index (χ1) is 14.1. The molecule has 3 heterocycles. The summed E-state index contributed by atoms with van der Waals surface area (Å²) in [5, 5.41) is 5.22. The van der Waals surface area contributed by atoms with Gasteiger partial charge in [-0.25, -0.2) is 0 Å². The van der Waals surface area contributed by atoms with Crippen molar-refractivity contribution < 1.29 is 18.3 Å². The van der Waals surface area contributed by atoms with Crippen LogP contribution in [0.4, 0.5) is 8.78 Å². The van der Waals surface area contributed by atoms with E-state index in [1.54, 1.807) is 11.4 Å². The molecule has 8 heteroatoms. The molecule has 1 aliphatic carbocycles. The van der Waals surface area contributed by atoms with Crippen molar-refractivity contribution in [2.24, 2.45) is 0 Å². The van der Waals surface area contributed by atoms with Crippen LogP contribution in [0.1, 0.15) is 55.5 Å². The van der Waals surface area contributed by atoms with Crippen LogP contribution in [0.15, 0.2) is 35.8 Å². The molecular weight excluding hydrogens is 430 g/mol. The number of nitrogens with zero attached hydrogens (tertiary/aromatic N) is 1. The molecular formula is C22H29ClF2N2O2S. The molecule has 0 amide bonds. The zero-order valence-electron chi connectivity index (χ0n) is 16.9. The quantitative estimate of drug-likeness (QED) is 0.515. The van der Waals surface area contributed by atoms with Gasteiger partial charge in [0.15, 0.2) is 0 Å². The van der Waals surface area contributed by atoms with Gasteiger partial charge in [0.05, 0.1) is 10.5 Å². The van der Waals surface area contributed by atoms with Crippen molar-refractivity contribution in [3.8, 4) is 5.75 Å². The molecule has 0 bridgehead atoms. The molecule has 1 saturated heterocycles. The van der Waals surface area contributed by atoms with Crippen LogP contribution in [-0.2, 0) is 16.7 Å². The van der Waals surface area contributed by atoms with Gasteiger partial charge in [0.25, 0.3) is 0 Å². The normalized spacial score (nSPS) is 22.9. The van der Waals surface area contributed by atoms with E-state index in [1.165, 1.54) is 24.2 Å². The van der Waals surface area contributed by atoms with Gasteiger partial charge in [-0.15, -0.1) is 23.7 Å². The molecule has 0 aromatic carbocycles. The second-order valence-electron chi connectivity index (χ2n) is 8.17. The number of ether oxygens (including phenoxy) is 2. The highest BCUT2D eigenvalue weighted by molar-refractivity contribution is 7.10. The third-order valence-electron chi connectivity index (χ3n) is 6.36. The van der Waals surface area contributed by atoms with E-state index >= 15 is 0 Å². The Hall–Kier alpha value is -1.28. The molecule has 2 aliphatic rings. The maximum atomic E-state index is 12.5. The number of aromatic nitrogens is 1. The van der Waals surface area contributed by atoms with Crippen LogP contribution >= 0.6 is 23.7 Å². The van der Waals surface area contributed by atoms with Gasteiger partial charge in [-0.3, -0.25) is 4.98 Å². The summed E-state index contributed by atoms with van der Waals surface area (Å²) >= 11 is 1.44. The maximum Gasteiger partial charge on any atom is 0.387 e. The van der Waals surface area contributed by atoms with Gasteiger partial charge in [0.1, 0.15) is 5.75 Å². The van der Waals surface area contributed by atoms with Crippen molar-refractivity contribution in [3.63, 3.8) is 0 Å². The van der Waals surface area contributed by atoms with E-state index in [4.69, 9.17) is 9.72 Å². The standard InChI is InChI=1S/C22H28F2N2O2S.ClH/c23-20(24)28-17-6-14-29-18(17)15-25-12-9-21(19-5-1-4-11-26-19)10-13-27-22(16-21)7-2-3-8-22;/h1,4-6,11,14,20,25H,2-3,7-10,12-13,15-16H2;1H. The van der Waals surface area contributed by atoms with Crippen molar-refractivity contribution in [3.05, 3.63) is 46.4 Å². The Kier molecular flexibility index (Phi) is 8.07. The van der Waals surface area contributed by atoms with Gasteiger partial charge < -0.3 is 14.8 Å². The highest BCUT2D eigenvalue weighted by atomic mass is 35.5. The molecule has 0 radical (unpaired) electrons. The number of hydrogen-bond acceptors (Lipinski definition) is 5. The molecule has 4 nitrogen and oxygen atoms in total. The lowest BCUT2D eigenvalue weighted by atomic mass is 9.68. The second-order valence-corrected chi connectivity index (χ2v) is 9.17. The molecule has 1 aliphatic heterocycles. The number of pyridine rings is 1. The van der Waals surface area contributed by atoms with Crippen LogP contribution in [0.25, 0.3) is 0 Å². The van der Waals surface area contributed by atoms with Crippen LogP contribution in [0.3, 0.4) is 0 Å². The van der Waals surface area contributed by atoms with Crippen LogP contribution < -0.4 is 10.1 Å². The largest absolute Gasteiger partial charge is 0.434 e. The minimum Gasteiger partial charge on any atom is -0.434 e. The highest BCUT2D eigenvalue weighted by Gasteiger charge is 2.48. The van der Waals surface area contributed by atoms with E-state index in [-0.39, 0.29) is 29.2 Å². The van der Waals surface area contributed by atoms with Gasteiger partial charge in [-0.1, -0.05) is 18.9 Å². The molecule has 30 heavy (non-hydrogen) atoms. The summed E-state index contributed by atoms with van der Waals surface area (Å²) in [6.07, 6.45) is 9.55. The van der Waals surface area contributed by atoms with Gasteiger partial charge >= 0.3 is 6.61 Å². The monoisotopic (exact) mass is 458 g/mol. The lowest BCUT2D eigenvalue weighted by Crippen LogP contribution is -2.47. The summed E-state index contributed by atoms with van der Waals surface area (Å²) in [5.41, 5.74) is 1.14. The highest BCUT2D eigenvalue weighted by Crippen LogP contribution is 2.49. The lowest BCUT2D eigenvalue weighted by Gasteiger charge is -2.46. The SMILES string of the molecule is Cl.FC(F)Oc1ccsc1CNCCC1(c2ccccn2)CCOC2(CCCC2)C1. The first-order valence-corrected chi connectivity index (χ1v) is 11.3. The smallest absolute Gasteiger partial charge is 0.387 e. The summed E-state index contributed by atoms with van der Waals surface area (Å²) in [6, 6.07) is 7.77. The van der Waals surface area contributed by atoms with Crippen LogP contribution in [-0.4, -0.2) is 30.3 Å². The van der Waals surface area contributed by atoms with Crippen LogP contribution in [0.2, 0.25) is 0 Å². The number of hydrogen-bond donors (Lipinski definition) is 1. The Morgan fingerprint density at radius 3 is 2.77 bits per heavy atom. The number of halogens is 3. The summed E-state index contributed by atoms with van der Waals surface area (Å²) in [4.78, 5) is 5.52. The number of thiophene rings is 1. The zero-order chi connectivity index (χ0) is 20.2. The van der Waals surface area contributed by atoms with Crippen molar-refractivity contribution in [2.45, 2.75) is 69.1 Å². The Morgan fingerprint density at radius 2 is 2.03 bits per heavy atom. The zero-order valence-corrected chi connectivity index (χ0v) is 18.6. The second kappa shape index (κ2) is 10.4. The molecule has 2 fully saturated rings. The lowest BCUT2D eigenvalue weighted by molar-refractivity contribution is -0.104. The average Bonchev–Trinajstić information content (AvgIpc) is 3.35. The fourth-order valence-electron chi connectivity index (χ4n) is 4.98. The summed E-state index contributed by atoms with van der Waals surface area (Å²) in [5.74, 6) is 0.271. The minimum atomic E-state index is -2.79. The van der Waals surface area contributed by atoms with E-state index in [0.717, 1.165) is 55.8 Å². The number of alkyl halides is 2. The number of nitrogens with one attached hydrogen (secondary N) is 1. The minimum absolute atomic E-state index is 0. The molecule has 166 valence electrons. The van der Waals surface area contributed by atoms with Gasteiger partial charge in [0.2, 0.25) is 0 Å². The summed E-state index contributed by atoms with van der Waals surface area (Å²) in [6.45, 7) is -0.702.